The van der Waals surface area contributed by atoms with Gasteiger partial charge in [-0.3, -0.25) is 14.4 Å². The number of aliphatic hydroxyl groups excluding tert-OH is 1. The maximum absolute atomic E-state index is 14.7. The van der Waals surface area contributed by atoms with Gasteiger partial charge in [-0.25, -0.2) is 0 Å². The van der Waals surface area contributed by atoms with Gasteiger partial charge in [0.1, 0.15) is 28.9 Å². The van der Waals surface area contributed by atoms with Crippen molar-refractivity contribution in [3.05, 3.63) is 84.5 Å². The maximum Gasteiger partial charge on any atom is 0.313 e. The molecule has 1 unspecified atom stereocenters. The summed E-state index contributed by atoms with van der Waals surface area (Å²) in [5.74, 6) is -2.61. The molecule has 1 N–H and O–H groups in total. The number of esters is 1. The van der Waals surface area contributed by atoms with Crippen molar-refractivity contribution in [1.29, 1.82) is 0 Å². The van der Waals surface area contributed by atoms with E-state index < -0.39 is 53.6 Å². The second-order valence-electron chi connectivity index (χ2n) is 10.9. The number of nitrogens with zero attached hydrogens (tertiary/aromatic N) is 2. The first-order chi connectivity index (χ1) is 19.9. The number of hydrogen-bond donors (Lipinski definition) is 1. The lowest BCUT2D eigenvalue weighted by Gasteiger charge is -2.41. The molecule has 2 amide bonds. The Bertz CT molecular complexity index is 1390. The summed E-state index contributed by atoms with van der Waals surface area (Å²) in [6.45, 7) is 1.94. The molecular formula is C32H34N2O7. The molecule has 2 fully saturated rings. The number of methoxy groups -OCH3 is 1. The molecule has 0 radical (unpaired) electrons. The number of anilines is 1. The Morgan fingerprint density at radius 3 is 2.44 bits per heavy atom. The van der Waals surface area contributed by atoms with E-state index in [1.165, 1.54) is 4.90 Å². The van der Waals surface area contributed by atoms with Crippen LogP contribution in [0.1, 0.15) is 31.4 Å². The molecule has 0 saturated carbocycles. The van der Waals surface area contributed by atoms with Gasteiger partial charge in [0, 0.05) is 12.2 Å². The molecule has 41 heavy (non-hydrogen) atoms. The molecule has 6 atom stereocenters. The monoisotopic (exact) mass is 558 g/mol. The predicted octanol–water partition coefficient (Wildman–Crippen LogP) is 3.20. The number of hydrogen-bond acceptors (Lipinski definition) is 7. The van der Waals surface area contributed by atoms with E-state index in [-0.39, 0.29) is 19.1 Å². The molecular weight excluding hydrogens is 524 g/mol. The highest BCUT2D eigenvalue weighted by Gasteiger charge is 2.76. The van der Waals surface area contributed by atoms with Crippen LogP contribution in [0.3, 0.4) is 0 Å². The van der Waals surface area contributed by atoms with Gasteiger partial charge in [-0.05, 0) is 42.7 Å². The van der Waals surface area contributed by atoms with E-state index >= 15 is 0 Å². The van der Waals surface area contributed by atoms with Gasteiger partial charge in [0.15, 0.2) is 0 Å². The van der Waals surface area contributed by atoms with Crippen LogP contribution in [-0.4, -0.2) is 71.9 Å². The second kappa shape index (κ2) is 10.5. The van der Waals surface area contributed by atoms with Crippen LogP contribution in [-0.2, 0) is 23.9 Å². The summed E-state index contributed by atoms with van der Waals surface area (Å²) >= 11 is 0. The van der Waals surface area contributed by atoms with Gasteiger partial charge < -0.3 is 29.1 Å². The molecule has 2 saturated heterocycles. The Morgan fingerprint density at radius 2 is 1.76 bits per heavy atom. The highest BCUT2D eigenvalue weighted by atomic mass is 16.6. The number of rotatable bonds is 6. The Morgan fingerprint density at radius 1 is 1.00 bits per heavy atom. The molecule has 2 aromatic carbocycles. The molecule has 0 aromatic heterocycles. The number of carbonyl (C=O) groups is 3. The third kappa shape index (κ3) is 4.09. The van der Waals surface area contributed by atoms with Crippen molar-refractivity contribution in [2.75, 3.05) is 31.8 Å². The van der Waals surface area contributed by atoms with Gasteiger partial charge in [-0.1, -0.05) is 61.6 Å². The van der Waals surface area contributed by atoms with Crippen LogP contribution in [0, 0.1) is 11.8 Å². The van der Waals surface area contributed by atoms with Crippen LogP contribution >= 0.6 is 0 Å². The number of cyclic esters (lactones) is 1. The smallest absolute Gasteiger partial charge is 0.313 e. The van der Waals surface area contributed by atoms with Crippen LogP contribution in [0.5, 0.6) is 5.75 Å². The predicted molar refractivity (Wildman–Crippen MR) is 150 cm³/mol. The largest absolute Gasteiger partial charge is 0.497 e. The van der Waals surface area contributed by atoms with Crippen molar-refractivity contribution in [2.24, 2.45) is 11.8 Å². The first-order valence-electron chi connectivity index (χ1n) is 14.1. The van der Waals surface area contributed by atoms with Gasteiger partial charge >= 0.3 is 5.97 Å². The number of likely N-dealkylation sites (tertiary alicyclic amines) is 1. The summed E-state index contributed by atoms with van der Waals surface area (Å²) in [4.78, 5) is 46.0. The fraction of sp³-hybridized carbons (Fsp3) is 0.406. The fourth-order valence-electron chi connectivity index (χ4n) is 7.03. The Hall–Kier alpha value is -3.95. The van der Waals surface area contributed by atoms with Crippen molar-refractivity contribution in [1.82, 2.24) is 4.90 Å². The molecule has 0 aliphatic carbocycles. The number of fused-ring (bicyclic) bond motifs is 2. The van der Waals surface area contributed by atoms with Crippen molar-refractivity contribution < 1.29 is 33.7 Å². The maximum atomic E-state index is 14.7. The second-order valence-corrected chi connectivity index (χ2v) is 10.9. The lowest BCUT2D eigenvalue weighted by molar-refractivity contribution is -0.161. The number of benzene rings is 2. The summed E-state index contributed by atoms with van der Waals surface area (Å²) in [7, 11) is 1.57. The van der Waals surface area contributed by atoms with Crippen molar-refractivity contribution >= 4 is 23.5 Å². The van der Waals surface area contributed by atoms with E-state index in [0.717, 1.165) is 0 Å². The van der Waals surface area contributed by atoms with E-state index in [9.17, 15) is 19.5 Å². The summed E-state index contributed by atoms with van der Waals surface area (Å²) in [5.41, 5.74) is -1.27. The fourth-order valence-corrected chi connectivity index (χ4v) is 7.03. The molecule has 4 heterocycles. The summed E-state index contributed by atoms with van der Waals surface area (Å²) in [6, 6.07) is 14.3. The topological polar surface area (TPSA) is 106 Å². The first-order valence-corrected chi connectivity index (χ1v) is 14.1. The van der Waals surface area contributed by atoms with Crippen molar-refractivity contribution in [2.45, 2.75) is 43.1 Å². The van der Waals surface area contributed by atoms with Crippen LogP contribution < -0.4 is 9.64 Å². The SMILES string of the molecule is CC[C@]12C=CCCOC(=O)[C@H]1[C@H]1C(=O)N([C@H](CO)c3ccccc3)C3C(=O)N(c4ccc(OC)cc4)CC=C[C@@]31O2. The lowest BCUT2D eigenvalue weighted by Crippen LogP contribution is -2.57. The number of amides is 2. The average Bonchev–Trinajstić information content (AvgIpc) is 3.34. The zero-order valence-corrected chi connectivity index (χ0v) is 23.1. The molecule has 4 aliphatic rings. The van der Waals surface area contributed by atoms with Gasteiger partial charge in [-0.15, -0.1) is 0 Å². The molecule has 9 nitrogen and oxygen atoms in total. The van der Waals surface area contributed by atoms with Crippen molar-refractivity contribution in [3.8, 4) is 5.75 Å². The Balaban J connectivity index is 1.54. The van der Waals surface area contributed by atoms with E-state index in [4.69, 9.17) is 14.2 Å². The zero-order chi connectivity index (χ0) is 28.8. The third-order valence-corrected chi connectivity index (χ3v) is 8.92. The first kappa shape index (κ1) is 27.2. The number of ether oxygens (including phenoxy) is 3. The molecule has 1 spiro atoms. The average molecular weight is 559 g/mol. The van der Waals surface area contributed by atoms with Gasteiger partial charge in [0.2, 0.25) is 5.91 Å². The standard InChI is InChI=1S/C32H34N2O7/c1-3-31-16-7-8-19-40-30(38)26(31)25-28(36)34(24(20-35)21-10-5-4-6-11-21)27-29(37)33(18-9-17-32(25,27)41-31)22-12-14-23(39-2)15-13-22/h4-7,9-17,24-27,35H,3,8,18-20H2,1-2H3/t24-,25+,26-,27?,31+,32+/m1/s1. The quantitative estimate of drug-likeness (QED) is 0.429. The van der Waals surface area contributed by atoms with Gasteiger partial charge in [0.25, 0.3) is 5.91 Å². The lowest BCUT2D eigenvalue weighted by atomic mass is 9.73. The minimum atomic E-state index is -1.45. The summed E-state index contributed by atoms with van der Waals surface area (Å²) in [5, 5.41) is 10.7. The minimum Gasteiger partial charge on any atom is -0.497 e. The van der Waals surface area contributed by atoms with E-state index in [2.05, 4.69) is 0 Å². The molecule has 4 aliphatic heterocycles. The normalized spacial score (nSPS) is 31.5. The van der Waals surface area contributed by atoms with Crippen molar-refractivity contribution in [3.63, 3.8) is 0 Å². The minimum absolute atomic E-state index is 0.204. The van der Waals surface area contributed by atoms with Crippen LogP contribution in [0.4, 0.5) is 5.69 Å². The zero-order valence-electron chi connectivity index (χ0n) is 23.1. The Kier molecular flexibility index (Phi) is 6.95. The Labute approximate surface area is 239 Å². The highest BCUT2D eigenvalue weighted by molar-refractivity contribution is 6.06. The molecule has 214 valence electrons. The van der Waals surface area contributed by atoms with Gasteiger partial charge in [-0.2, -0.15) is 0 Å². The van der Waals surface area contributed by atoms with E-state index in [1.54, 1.807) is 42.4 Å². The summed E-state index contributed by atoms with van der Waals surface area (Å²) in [6.07, 6.45) is 8.37. The molecule has 6 rings (SSSR count). The van der Waals surface area contributed by atoms with Crippen LogP contribution in [0.15, 0.2) is 78.9 Å². The van der Waals surface area contributed by atoms with Gasteiger partial charge in [0.05, 0.1) is 32.3 Å². The number of aliphatic hydroxyl groups is 1. The number of carbonyl (C=O) groups excluding carboxylic acids is 3. The van der Waals surface area contributed by atoms with E-state index in [1.807, 2.05) is 55.5 Å². The van der Waals surface area contributed by atoms with Crippen LogP contribution in [0.2, 0.25) is 0 Å². The summed E-state index contributed by atoms with van der Waals surface area (Å²) < 4.78 is 17.9. The van der Waals surface area contributed by atoms with E-state index in [0.29, 0.717) is 29.8 Å². The van der Waals surface area contributed by atoms with Crippen LogP contribution in [0.25, 0.3) is 0 Å². The molecule has 9 heteroatoms. The molecule has 0 bridgehead atoms. The third-order valence-electron chi connectivity index (χ3n) is 8.92. The highest BCUT2D eigenvalue weighted by Crippen LogP contribution is 2.59. The molecule has 2 aromatic rings.